The van der Waals surface area contributed by atoms with Gasteiger partial charge in [-0.25, -0.2) is 5.84 Å². The molecule has 0 radical (unpaired) electrons. The number of amidine groups is 1. The Morgan fingerprint density at radius 3 is 2.31 bits per heavy atom. The van der Waals surface area contributed by atoms with Crippen LogP contribution in [0.5, 0.6) is 0 Å². The van der Waals surface area contributed by atoms with Crippen molar-refractivity contribution < 1.29 is 0 Å². The van der Waals surface area contributed by atoms with Crippen LogP contribution in [0.4, 0.5) is 5.69 Å². The first-order chi connectivity index (χ1) is 7.79. The fourth-order valence-corrected chi connectivity index (χ4v) is 1.57. The van der Waals surface area contributed by atoms with Gasteiger partial charge in [-0.15, -0.1) is 0 Å². The van der Waals surface area contributed by atoms with E-state index in [9.17, 15) is 0 Å². The fourth-order valence-electron chi connectivity index (χ4n) is 0.997. The lowest BCUT2D eigenvalue weighted by molar-refractivity contribution is 1.11. The van der Waals surface area contributed by atoms with Crippen LogP contribution in [0.2, 0.25) is 0 Å². The highest BCUT2D eigenvalue weighted by Crippen LogP contribution is 2.14. The number of hydrogen-bond acceptors (Lipinski definition) is 4. The summed E-state index contributed by atoms with van der Waals surface area (Å²) < 4.78 is 0. The summed E-state index contributed by atoms with van der Waals surface area (Å²) in [6, 6.07) is 9.58. The molecule has 4 nitrogen and oxygen atoms in total. The molecule has 1 aromatic carbocycles. The van der Waals surface area contributed by atoms with Crippen molar-refractivity contribution in [2.45, 2.75) is 20.8 Å². The lowest BCUT2D eigenvalue weighted by Crippen LogP contribution is -2.36. The molecule has 16 heavy (non-hydrogen) atoms. The van der Waals surface area contributed by atoms with Crippen molar-refractivity contribution in [2.24, 2.45) is 16.8 Å². The van der Waals surface area contributed by atoms with E-state index in [4.69, 9.17) is 11.7 Å². The highest BCUT2D eigenvalue weighted by Gasteiger charge is 2.08. The monoisotopic (exact) mass is 240 g/mol. The first kappa shape index (κ1) is 14.8. The zero-order chi connectivity index (χ0) is 12.4. The minimum atomic E-state index is 0.610. The molecule has 0 spiro atoms. The number of anilines is 1. The number of thioether (sulfide) groups is 1. The van der Waals surface area contributed by atoms with Crippen LogP contribution in [0.3, 0.4) is 0 Å². The number of rotatable bonds is 2. The Bertz CT molecular complexity index is 300. The van der Waals surface area contributed by atoms with Gasteiger partial charge in [0.1, 0.15) is 0 Å². The Kier molecular flexibility index (Phi) is 8.38. The number of hydrazine groups is 1. The molecule has 0 aromatic heterocycles. The molecule has 0 saturated carbocycles. The van der Waals surface area contributed by atoms with Crippen LogP contribution in [-0.4, -0.2) is 10.9 Å². The maximum atomic E-state index is 5.84. The van der Waals surface area contributed by atoms with Gasteiger partial charge in [-0.05, 0) is 17.9 Å². The lowest BCUT2D eigenvalue weighted by atomic mass is 10.3. The van der Waals surface area contributed by atoms with Crippen LogP contribution in [0.1, 0.15) is 20.8 Å². The van der Waals surface area contributed by atoms with Crippen LogP contribution in [0, 0.1) is 0 Å². The van der Waals surface area contributed by atoms with Gasteiger partial charge in [-0.2, -0.15) is 5.10 Å². The Morgan fingerprint density at radius 2 is 1.88 bits per heavy atom. The standard InChI is InChI=1S/C9H14N4S.C2H6/c1-2-14-9(12-10)13(11)8-6-4-3-5-7-8;1-2/h3-7H,2,10-11H2,1H3;1-2H3/b12-9+;. The molecule has 0 unspecified atom stereocenters. The van der Waals surface area contributed by atoms with E-state index in [1.807, 2.05) is 51.1 Å². The zero-order valence-electron chi connectivity index (χ0n) is 10.1. The summed E-state index contributed by atoms with van der Waals surface area (Å²) in [6.07, 6.45) is 0. The van der Waals surface area contributed by atoms with Crippen LogP contribution in [0.15, 0.2) is 35.4 Å². The van der Waals surface area contributed by atoms with Gasteiger partial charge in [-0.3, -0.25) is 5.01 Å². The van der Waals surface area contributed by atoms with E-state index >= 15 is 0 Å². The summed E-state index contributed by atoms with van der Waals surface area (Å²) >= 11 is 1.51. The predicted molar refractivity (Wildman–Crippen MR) is 74.2 cm³/mol. The molecule has 0 bridgehead atoms. The van der Waals surface area contributed by atoms with E-state index in [-0.39, 0.29) is 0 Å². The summed E-state index contributed by atoms with van der Waals surface area (Å²) in [5.74, 6) is 12.0. The normalized spacial score (nSPS) is 10.4. The molecule has 0 heterocycles. The van der Waals surface area contributed by atoms with Crippen molar-refractivity contribution in [1.82, 2.24) is 0 Å². The molecule has 0 amide bonds. The van der Waals surface area contributed by atoms with Crippen molar-refractivity contribution in [3.63, 3.8) is 0 Å². The number of nitrogens with zero attached hydrogens (tertiary/aromatic N) is 2. The zero-order valence-corrected chi connectivity index (χ0v) is 10.9. The van der Waals surface area contributed by atoms with Crippen molar-refractivity contribution in [2.75, 3.05) is 10.8 Å². The van der Waals surface area contributed by atoms with Crippen molar-refractivity contribution in [1.29, 1.82) is 0 Å². The third kappa shape index (κ3) is 4.55. The van der Waals surface area contributed by atoms with Crippen LogP contribution < -0.4 is 16.7 Å². The van der Waals surface area contributed by atoms with E-state index < -0.39 is 0 Å². The van der Waals surface area contributed by atoms with Gasteiger partial charge >= 0.3 is 0 Å². The maximum absolute atomic E-state index is 5.84. The number of para-hydroxylation sites is 1. The van der Waals surface area contributed by atoms with Crippen molar-refractivity contribution >= 4 is 22.6 Å². The lowest BCUT2D eigenvalue weighted by Gasteiger charge is -2.18. The Balaban J connectivity index is 0.00000106. The van der Waals surface area contributed by atoms with Gasteiger partial charge < -0.3 is 5.84 Å². The van der Waals surface area contributed by atoms with Gasteiger partial charge in [0, 0.05) is 0 Å². The SMILES string of the molecule is CC.CCS/C(=N/N)N(N)c1ccccc1. The summed E-state index contributed by atoms with van der Waals surface area (Å²) in [4.78, 5) is 0. The topological polar surface area (TPSA) is 67.6 Å². The molecule has 0 fully saturated rings. The van der Waals surface area contributed by atoms with Crippen LogP contribution >= 0.6 is 11.8 Å². The smallest absolute Gasteiger partial charge is 0.201 e. The average molecular weight is 240 g/mol. The molecular formula is C11H20N4S. The van der Waals surface area contributed by atoms with Crippen molar-refractivity contribution in [3.8, 4) is 0 Å². The average Bonchev–Trinajstić information content (AvgIpc) is 2.38. The molecule has 0 saturated heterocycles. The van der Waals surface area contributed by atoms with E-state index in [0.29, 0.717) is 5.17 Å². The second kappa shape index (κ2) is 9.06. The molecule has 0 aliphatic heterocycles. The van der Waals surface area contributed by atoms with Crippen LogP contribution in [-0.2, 0) is 0 Å². The summed E-state index contributed by atoms with van der Waals surface area (Å²) in [7, 11) is 0. The van der Waals surface area contributed by atoms with Gasteiger partial charge in [0.05, 0.1) is 5.69 Å². The van der Waals surface area contributed by atoms with E-state index in [0.717, 1.165) is 11.4 Å². The fraction of sp³-hybridized carbons (Fsp3) is 0.364. The second-order valence-electron chi connectivity index (χ2n) is 2.55. The van der Waals surface area contributed by atoms with E-state index in [2.05, 4.69) is 5.10 Å². The highest BCUT2D eigenvalue weighted by molar-refractivity contribution is 8.14. The van der Waals surface area contributed by atoms with Gasteiger partial charge in [-0.1, -0.05) is 50.7 Å². The minimum absolute atomic E-state index is 0.610. The molecule has 5 heteroatoms. The molecule has 0 atom stereocenters. The molecular weight excluding hydrogens is 220 g/mol. The number of benzene rings is 1. The Labute approximate surface area is 102 Å². The molecule has 1 aromatic rings. The Morgan fingerprint density at radius 1 is 1.31 bits per heavy atom. The van der Waals surface area contributed by atoms with E-state index in [1.54, 1.807) is 0 Å². The highest BCUT2D eigenvalue weighted by atomic mass is 32.2. The number of hydrazone groups is 1. The maximum Gasteiger partial charge on any atom is 0.201 e. The Hall–Kier alpha value is -1.20. The number of hydrogen-bond donors (Lipinski definition) is 2. The molecule has 0 aliphatic carbocycles. The summed E-state index contributed by atoms with van der Waals surface area (Å²) in [6.45, 7) is 6.02. The first-order valence-electron chi connectivity index (χ1n) is 5.30. The van der Waals surface area contributed by atoms with E-state index in [1.165, 1.54) is 16.8 Å². The van der Waals surface area contributed by atoms with Crippen molar-refractivity contribution in [3.05, 3.63) is 30.3 Å². The minimum Gasteiger partial charge on any atom is -0.321 e. The summed E-state index contributed by atoms with van der Waals surface area (Å²) in [5, 5.41) is 5.72. The largest absolute Gasteiger partial charge is 0.321 e. The quantitative estimate of drug-likeness (QED) is 0.360. The molecule has 1 rings (SSSR count). The van der Waals surface area contributed by atoms with Gasteiger partial charge in [0.25, 0.3) is 0 Å². The van der Waals surface area contributed by atoms with Gasteiger partial charge in [0.15, 0.2) is 0 Å². The third-order valence-electron chi connectivity index (χ3n) is 1.62. The molecule has 0 aliphatic rings. The number of nitrogens with two attached hydrogens (primary N) is 2. The molecule has 90 valence electrons. The predicted octanol–water partition coefficient (Wildman–Crippen LogP) is 2.38. The summed E-state index contributed by atoms with van der Waals surface area (Å²) in [5.41, 5.74) is 0.873. The first-order valence-corrected chi connectivity index (χ1v) is 6.28. The second-order valence-corrected chi connectivity index (χ2v) is 3.78. The third-order valence-corrected chi connectivity index (χ3v) is 2.47. The van der Waals surface area contributed by atoms with Crippen LogP contribution in [0.25, 0.3) is 0 Å². The molecule has 4 N–H and O–H groups in total. The van der Waals surface area contributed by atoms with Gasteiger partial charge in [0.2, 0.25) is 5.17 Å².